The van der Waals surface area contributed by atoms with Crippen molar-refractivity contribution in [3.05, 3.63) is 105 Å². The SMILES string of the molecule is Cc1c(COc2cc(OCc3cncc(C#N)c3)c(C(=O)O)cc2Cl)cccc1-c1cccc(OCCCN2CC[C@@H](O)C2)c1C. The van der Waals surface area contributed by atoms with E-state index in [9.17, 15) is 15.0 Å². The molecule has 9 nitrogen and oxygen atoms in total. The molecular formula is C36H36ClN3O6. The van der Waals surface area contributed by atoms with Crippen molar-refractivity contribution in [2.75, 3.05) is 26.2 Å². The smallest absolute Gasteiger partial charge is 0.339 e. The fourth-order valence-electron chi connectivity index (χ4n) is 5.56. The normalized spacial score (nSPS) is 14.5. The van der Waals surface area contributed by atoms with Crippen molar-refractivity contribution in [1.29, 1.82) is 5.26 Å². The highest BCUT2D eigenvalue weighted by Gasteiger charge is 2.20. The number of halogens is 1. The number of benzene rings is 3. The van der Waals surface area contributed by atoms with E-state index < -0.39 is 5.97 Å². The zero-order valence-corrected chi connectivity index (χ0v) is 26.6. The lowest BCUT2D eigenvalue weighted by molar-refractivity contribution is 0.0691. The number of hydrogen-bond acceptors (Lipinski definition) is 8. The van der Waals surface area contributed by atoms with Crippen molar-refractivity contribution in [1.82, 2.24) is 9.88 Å². The van der Waals surface area contributed by atoms with E-state index in [1.807, 2.05) is 37.3 Å². The summed E-state index contributed by atoms with van der Waals surface area (Å²) in [5, 5.41) is 28.8. The standard InChI is InChI=1S/C36H36ClN3O6/c1-23-27(6-3-7-29(23)30-8-4-9-33(24(30)2)44-13-5-11-40-12-10-28(41)20-40)22-46-35-16-34(31(36(42)43)15-32(35)37)45-21-26-14-25(17-38)18-39-19-26/h3-4,6-9,14-16,18-19,28,41H,5,10-13,20-22H2,1-2H3,(H,42,43)/t28-/m1/s1. The minimum Gasteiger partial charge on any atom is -0.493 e. The number of β-amino-alcohol motifs (C(OH)–C–C–N with tert-alkyl or cyclic N) is 1. The second-order valence-corrected chi connectivity index (χ2v) is 11.7. The molecule has 3 aromatic carbocycles. The van der Waals surface area contributed by atoms with Crippen LogP contribution in [0.15, 0.2) is 67.0 Å². The molecule has 0 bridgehead atoms. The molecule has 0 saturated carbocycles. The summed E-state index contributed by atoms with van der Waals surface area (Å²) in [6.07, 6.45) is 4.50. The van der Waals surface area contributed by atoms with Crippen LogP contribution in [0.5, 0.6) is 17.2 Å². The lowest BCUT2D eigenvalue weighted by Gasteiger charge is -2.18. The molecular weight excluding hydrogens is 606 g/mol. The molecule has 2 heterocycles. The number of carbonyl (C=O) groups is 1. The monoisotopic (exact) mass is 641 g/mol. The second kappa shape index (κ2) is 15.1. The molecule has 10 heteroatoms. The molecule has 0 unspecified atom stereocenters. The number of rotatable bonds is 13. The van der Waals surface area contributed by atoms with Gasteiger partial charge >= 0.3 is 5.97 Å². The highest BCUT2D eigenvalue weighted by Crippen LogP contribution is 2.36. The first-order valence-corrected chi connectivity index (χ1v) is 15.5. The Morgan fingerprint density at radius 1 is 1.00 bits per heavy atom. The number of hydrogen-bond donors (Lipinski definition) is 2. The van der Waals surface area contributed by atoms with E-state index in [2.05, 4.69) is 28.9 Å². The van der Waals surface area contributed by atoms with Crippen LogP contribution in [-0.2, 0) is 13.2 Å². The summed E-state index contributed by atoms with van der Waals surface area (Å²) >= 11 is 6.45. The van der Waals surface area contributed by atoms with E-state index in [4.69, 9.17) is 31.1 Å². The van der Waals surface area contributed by atoms with Gasteiger partial charge in [0.2, 0.25) is 0 Å². The van der Waals surface area contributed by atoms with Gasteiger partial charge in [0, 0.05) is 43.7 Å². The summed E-state index contributed by atoms with van der Waals surface area (Å²) in [6, 6.07) is 18.5. The van der Waals surface area contributed by atoms with Crippen molar-refractivity contribution in [2.45, 2.75) is 46.0 Å². The van der Waals surface area contributed by atoms with E-state index in [1.54, 1.807) is 12.3 Å². The lowest BCUT2D eigenvalue weighted by atomic mass is 9.93. The predicted molar refractivity (Wildman–Crippen MR) is 175 cm³/mol. The van der Waals surface area contributed by atoms with Gasteiger partial charge in [0.15, 0.2) is 0 Å². The van der Waals surface area contributed by atoms with Gasteiger partial charge in [-0.3, -0.25) is 4.98 Å². The molecule has 238 valence electrons. The van der Waals surface area contributed by atoms with Crippen molar-refractivity contribution in [2.24, 2.45) is 0 Å². The number of aliphatic hydroxyl groups excluding tert-OH is 1. The molecule has 4 aromatic rings. The maximum atomic E-state index is 11.9. The Hall–Kier alpha value is -4.62. The first kappa shape index (κ1) is 32.8. The number of aromatic nitrogens is 1. The van der Waals surface area contributed by atoms with Gasteiger partial charge < -0.3 is 29.3 Å². The topological polar surface area (TPSA) is 125 Å². The third kappa shape index (κ3) is 7.96. The molecule has 0 aliphatic carbocycles. The Balaban J connectivity index is 1.28. The Labute approximate surface area is 273 Å². The first-order valence-electron chi connectivity index (χ1n) is 15.1. The Morgan fingerprint density at radius 3 is 2.50 bits per heavy atom. The number of likely N-dealkylation sites (tertiary alicyclic amines) is 1. The van der Waals surface area contributed by atoms with Crippen molar-refractivity contribution in [3.63, 3.8) is 0 Å². The molecule has 0 amide bonds. The fraction of sp³-hybridized carbons (Fsp3) is 0.306. The number of nitrogens with zero attached hydrogens (tertiary/aromatic N) is 3. The number of carboxylic acid groups (broad SMARTS) is 1. The number of pyridine rings is 1. The summed E-state index contributed by atoms with van der Waals surface area (Å²) in [7, 11) is 0. The first-order chi connectivity index (χ1) is 22.2. The van der Waals surface area contributed by atoms with Gasteiger partial charge in [-0.15, -0.1) is 0 Å². The minimum absolute atomic E-state index is 0.00966. The van der Waals surface area contributed by atoms with Gasteiger partial charge in [0.25, 0.3) is 0 Å². The van der Waals surface area contributed by atoms with Gasteiger partial charge in [-0.2, -0.15) is 5.26 Å². The second-order valence-electron chi connectivity index (χ2n) is 11.3. The molecule has 1 atom stereocenters. The molecule has 46 heavy (non-hydrogen) atoms. The summed E-state index contributed by atoms with van der Waals surface area (Å²) < 4.78 is 18.1. The third-order valence-electron chi connectivity index (χ3n) is 8.11. The predicted octanol–water partition coefficient (Wildman–Crippen LogP) is 6.58. The van der Waals surface area contributed by atoms with E-state index in [-0.39, 0.29) is 41.4 Å². The number of carboxylic acids is 1. The average molecular weight is 642 g/mol. The average Bonchev–Trinajstić information content (AvgIpc) is 3.47. The third-order valence-corrected chi connectivity index (χ3v) is 8.41. The van der Waals surface area contributed by atoms with Crippen LogP contribution in [0.2, 0.25) is 5.02 Å². The number of nitriles is 1. The quantitative estimate of drug-likeness (QED) is 0.156. The Morgan fingerprint density at radius 2 is 1.76 bits per heavy atom. The molecule has 2 N–H and O–H groups in total. The number of aliphatic hydroxyl groups is 1. The highest BCUT2D eigenvalue weighted by molar-refractivity contribution is 6.32. The molecule has 0 radical (unpaired) electrons. The lowest BCUT2D eigenvalue weighted by Crippen LogP contribution is -2.24. The van der Waals surface area contributed by atoms with Gasteiger partial charge in [0.1, 0.15) is 42.1 Å². The van der Waals surface area contributed by atoms with E-state index in [1.165, 1.54) is 18.3 Å². The molecule has 1 fully saturated rings. The summed E-state index contributed by atoms with van der Waals surface area (Å²) in [5.41, 5.74) is 6.03. The number of aromatic carboxylic acids is 1. The van der Waals surface area contributed by atoms with Crippen molar-refractivity contribution >= 4 is 17.6 Å². The summed E-state index contributed by atoms with van der Waals surface area (Å²) in [5.74, 6) is 0.0208. The molecule has 5 rings (SSSR count). The zero-order valence-electron chi connectivity index (χ0n) is 25.8. The summed E-state index contributed by atoms with van der Waals surface area (Å²) in [4.78, 5) is 18.2. The minimum atomic E-state index is -1.19. The van der Waals surface area contributed by atoms with Crippen LogP contribution in [0.3, 0.4) is 0 Å². The Kier molecular flexibility index (Phi) is 10.8. The van der Waals surface area contributed by atoms with Gasteiger partial charge in [-0.25, -0.2) is 4.79 Å². The van der Waals surface area contributed by atoms with Crippen LogP contribution >= 0.6 is 11.6 Å². The van der Waals surface area contributed by atoms with Crippen LogP contribution in [0.25, 0.3) is 11.1 Å². The molecule has 1 aromatic heterocycles. The number of ether oxygens (including phenoxy) is 3. The zero-order chi connectivity index (χ0) is 32.6. The molecule has 1 aliphatic rings. The molecule has 0 spiro atoms. The van der Waals surface area contributed by atoms with Gasteiger partial charge in [-0.1, -0.05) is 41.9 Å². The molecule has 1 aliphatic heterocycles. The summed E-state index contributed by atoms with van der Waals surface area (Å²) in [6.45, 7) is 7.47. The maximum Gasteiger partial charge on any atom is 0.339 e. The van der Waals surface area contributed by atoms with Crippen LogP contribution in [0.1, 0.15) is 51.0 Å². The van der Waals surface area contributed by atoms with Crippen LogP contribution in [0, 0.1) is 25.2 Å². The van der Waals surface area contributed by atoms with E-state index in [0.717, 1.165) is 66.0 Å². The van der Waals surface area contributed by atoms with Crippen LogP contribution < -0.4 is 14.2 Å². The van der Waals surface area contributed by atoms with Gasteiger partial charge in [-0.05, 0) is 72.7 Å². The van der Waals surface area contributed by atoms with E-state index in [0.29, 0.717) is 17.7 Å². The van der Waals surface area contributed by atoms with E-state index >= 15 is 0 Å². The maximum absolute atomic E-state index is 11.9. The van der Waals surface area contributed by atoms with Crippen molar-refractivity contribution < 1.29 is 29.2 Å². The van der Waals surface area contributed by atoms with Crippen LogP contribution in [-0.4, -0.2) is 58.4 Å². The Bertz CT molecular complexity index is 1750. The van der Waals surface area contributed by atoms with Crippen molar-refractivity contribution in [3.8, 4) is 34.4 Å². The van der Waals surface area contributed by atoms with Crippen LogP contribution in [0.4, 0.5) is 0 Å². The molecule has 1 saturated heterocycles. The fourth-order valence-corrected chi connectivity index (χ4v) is 5.77. The van der Waals surface area contributed by atoms with Gasteiger partial charge in [0.05, 0.1) is 23.3 Å². The highest BCUT2D eigenvalue weighted by atomic mass is 35.5. The largest absolute Gasteiger partial charge is 0.493 e.